The topological polar surface area (TPSA) is 50.2 Å². The number of hydrogen-bond donors (Lipinski definition) is 1. The first-order chi connectivity index (χ1) is 12.7. The molecule has 3 rings (SSSR count). The minimum absolute atomic E-state index is 0.0637. The average Bonchev–Trinajstić information content (AvgIpc) is 2.90. The Morgan fingerprint density at radius 3 is 2.58 bits per heavy atom. The van der Waals surface area contributed by atoms with Crippen molar-refractivity contribution in [1.29, 1.82) is 0 Å². The predicted octanol–water partition coefficient (Wildman–Crippen LogP) is 3.25. The summed E-state index contributed by atoms with van der Waals surface area (Å²) in [6.07, 6.45) is 8.75. The molecule has 0 unspecified atom stereocenters. The van der Waals surface area contributed by atoms with Crippen LogP contribution in [0.25, 0.3) is 0 Å². The average molecular weight is 373 g/mol. The molecule has 1 atom stereocenters. The van der Waals surface area contributed by atoms with Gasteiger partial charge < -0.3 is 9.88 Å². The number of rotatable bonds is 7. The van der Waals surface area contributed by atoms with Crippen LogP contribution in [0.1, 0.15) is 37.3 Å². The molecule has 1 aromatic heterocycles. The van der Waals surface area contributed by atoms with Gasteiger partial charge in [-0.25, -0.2) is 4.98 Å². The van der Waals surface area contributed by atoms with Gasteiger partial charge in [-0.05, 0) is 31.5 Å². The van der Waals surface area contributed by atoms with E-state index < -0.39 is 0 Å². The second-order valence-corrected chi connectivity index (χ2v) is 7.73. The number of nitrogens with one attached hydrogen (secondary N) is 1. The summed E-state index contributed by atoms with van der Waals surface area (Å²) in [6, 6.07) is 10.8. The van der Waals surface area contributed by atoms with Crippen molar-refractivity contribution in [2.24, 2.45) is 7.05 Å². The van der Waals surface area contributed by atoms with E-state index >= 15 is 0 Å². The number of thioether (sulfide) groups is 1. The fourth-order valence-corrected chi connectivity index (χ4v) is 4.18. The van der Waals surface area contributed by atoms with Gasteiger partial charge >= 0.3 is 0 Å². The summed E-state index contributed by atoms with van der Waals surface area (Å²) >= 11 is 1.47. The van der Waals surface area contributed by atoms with Crippen LogP contribution in [0.2, 0.25) is 0 Å². The van der Waals surface area contributed by atoms with E-state index in [0.29, 0.717) is 12.3 Å². The quantitative estimate of drug-likeness (QED) is 0.758. The van der Waals surface area contributed by atoms with Crippen LogP contribution in [0.4, 0.5) is 0 Å². The SMILES string of the molecule is Cn1ccnc1SCC(=O)NC[C@@H](c1ccccc1)N1CCCCCC1. The number of aromatic nitrogens is 2. The minimum Gasteiger partial charge on any atom is -0.353 e. The van der Waals surface area contributed by atoms with Crippen molar-refractivity contribution >= 4 is 17.7 Å². The Kier molecular flexibility index (Phi) is 7.14. The van der Waals surface area contributed by atoms with Gasteiger partial charge in [0.15, 0.2) is 5.16 Å². The molecule has 1 fully saturated rings. The molecule has 1 amide bonds. The number of hydrogen-bond acceptors (Lipinski definition) is 4. The van der Waals surface area contributed by atoms with Crippen LogP contribution in [0.15, 0.2) is 47.9 Å². The van der Waals surface area contributed by atoms with Gasteiger partial charge in [-0.2, -0.15) is 0 Å². The Morgan fingerprint density at radius 2 is 1.92 bits per heavy atom. The van der Waals surface area contributed by atoms with Crippen LogP contribution in [-0.4, -0.2) is 45.7 Å². The predicted molar refractivity (Wildman–Crippen MR) is 106 cm³/mol. The summed E-state index contributed by atoms with van der Waals surface area (Å²) in [6.45, 7) is 2.87. The lowest BCUT2D eigenvalue weighted by Gasteiger charge is -2.31. The molecule has 0 aliphatic carbocycles. The van der Waals surface area contributed by atoms with Crippen molar-refractivity contribution in [3.63, 3.8) is 0 Å². The maximum atomic E-state index is 12.3. The van der Waals surface area contributed by atoms with Crippen molar-refractivity contribution in [3.05, 3.63) is 48.3 Å². The van der Waals surface area contributed by atoms with E-state index in [0.717, 1.165) is 18.2 Å². The molecule has 1 aliphatic heterocycles. The maximum absolute atomic E-state index is 12.3. The van der Waals surface area contributed by atoms with E-state index in [2.05, 4.69) is 39.5 Å². The number of carbonyl (C=O) groups excluding carboxylic acids is 1. The number of imidazole rings is 1. The summed E-state index contributed by atoms with van der Waals surface area (Å²) in [5, 5.41) is 4.01. The third kappa shape index (κ3) is 5.35. The molecule has 0 saturated carbocycles. The van der Waals surface area contributed by atoms with Crippen LogP contribution >= 0.6 is 11.8 Å². The third-order valence-corrected chi connectivity index (χ3v) is 5.93. The van der Waals surface area contributed by atoms with Crippen molar-refractivity contribution in [1.82, 2.24) is 19.8 Å². The molecular formula is C20H28N4OS. The molecule has 140 valence electrons. The zero-order chi connectivity index (χ0) is 18.2. The first kappa shape index (κ1) is 19.0. The number of aryl methyl sites for hydroxylation is 1. The molecule has 2 heterocycles. The van der Waals surface area contributed by atoms with Gasteiger partial charge in [0.1, 0.15) is 0 Å². The molecule has 1 N–H and O–H groups in total. The highest BCUT2D eigenvalue weighted by Gasteiger charge is 2.22. The third-order valence-electron chi connectivity index (χ3n) is 4.87. The summed E-state index contributed by atoms with van der Waals surface area (Å²) in [7, 11) is 1.94. The Labute approximate surface area is 160 Å². The van der Waals surface area contributed by atoms with E-state index in [-0.39, 0.29) is 11.9 Å². The number of carbonyl (C=O) groups is 1. The van der Waals surface area contributed by atoms with Gasteiger partial charge in [0.2, 0.25) is 5.91 Å². The molecule has 5 nitrogen and oxygen atoms in total. The van der Waals surface area contributed by atoms with Gasteiger partial charge in [-0.1, -0.05) is 54.9 Å². The highest BCUT2D eigenvalue weighted by molar-refractivity contribution is 7.99. The highest BCUT2D eigenvalue weighted by Crippen LogP contribution is 2.24. The maximum Gasteiger partial charge on any atom is 0.230 e. The standard InChI is InChI=1S/C20H28N4OS/c1-23-14-11-21-20(23)26-16-19(25)22-15-18(17-9-5-4-6-10-17)24-12-7-2-3-8-13-24/h4-6,9-11,14,18H,2-3,7-8,12-13,15-16H2,1H3,(H,22,25)/t18-/m0/s1. The monoisotopic (exact) mass is 372 g/mol. The van der Waals surface area contributed by atoms with Crippen molar-refractivity contribution in [2.75, 3.05) is 25.4 Å². The lowest BCUT2D eigenvalue weighted by atomic mass is 10.0. The van der Waals surface area contributed by atoms with E-state index in [9.17, 15) is 4.79 Å². The van der Waals surface area contributed by atoms with Gasteiger partial charge in [0.25, 0.3) is 0 Å². The van der Waals surface area contributed by atoms with Crippen molar-refractivity contribution in [2.45, 2.75) is 36.9 Å². The largest absolute Gasteiger partial charge is 0.353 e. The van der Waals surface area contributed by atoms with E-state index in [1.54, 1.807) is 6.20 Å². The molecule has 0 radical (unpaired) electrons. The van der Waals surface area contributed by atoms with Crippen LogP contribution in [0, 0.1) is 0 Å². The van der Waals surface area contributed by atoms with Crippen LogP contribution in [0.5, 0.6) is 0 Å². The Morgan fingerprint density at radius 1 is 1.19 bits per heavy atom. The molecule has 2 aromatic rings. The van der Waals surface area contributed by atoms with E-state index in [1.165, 1.54) is 43.0 Å². The molecule has 26 heavy (non-hydrogen) atoms. The summed E-state index contributed by atoms with van der Waals surface area (Å²) in [5.74, 6) is 0.459. The van der Waals surface area contributed by atoms with Gasteiger partial charge in [0, 0.05) is 26.0 Å². The molecule has 1 aromatic carbocycles. The first-order valence-corrected chi connectivity index (χ1v) is 10.4. The van der Waals surface area contributed by atoms with Gasteiger partial charge in [-0.15, -0.1) is 0 Å². The molecule has 1 aliphatic rings. The number of likely N-dealkylation sites (tertiary alicyclic amines) is 1. The minimum atomic E-state index is 0.0637. The zero-order valence-corrected chi connectivity index (χ0v) is 16.3. The number of benzene rings is 1. The van der Waals surface area contributed by atoms with Gasteiger partial charge in [0.05, 0.1) is 11.8 Å². The normalized spacial score (nSPS) is 16.8. The van der Waals surface area contributed by atoms with Crippen molar-refractivity contribution in [3.8, 4) is 0 Å². The van der Waals surface area contributed by atoms with E-state index in [1.807, 2.05) is 23.9 Å². The summed E-state index contributed by atoms with van der Waals surface area (Å²) in [4.78, 5) is 19.1. The molecule has 1 saturated heterocycles. The molecular weight excluding hydrogens is 344 g/mol. The molecule has 0 bridgehead atoms. The Balaban J connectivity index is 1.58. The number of amides is 1. The molecule has 0 spiro atoms. The molecule has 6 heteroatoms. The fraction of sp³-hybridized carbons (Fsp3) is 0.500. The van der Waals surface area contributed by atoms with Crippen LogP contribution in [-0.2, 0) is 11.8 Å². The highest BCUT2D eigenvalue weighted by atomic mass is 32.2. The lowest BCUT2D eigenvalue weighted by Crippen LogP contribution is -2.39. The summed E-state index contributed by atoms with van der Waals surface area (Å²) < 4.78 is 1.93. The van der Waals surface area contributed by atoms with Gasteiger partial charge in [-0.3, -0.25) is 9.69 Å². The Bertz CT molecular complexity index is 680. The van der Waals surface area contributed by atoms with Crippen LogP contribution < -0.4 is 5.32 Å². The van der Waals surface area contributed by atoms with E-state index in [4.69, 9.17) is 0 Å². The Hall–Kier alpha value is -1.79. The zero-order valence-electron chi connectivity index (χ0n) is 15.4. The second-order valence-electron chi connectivity index (χ2n) is 6.79. The van der Waals surface area contributed by atoms with Crippen LogP contribution in [0.3, 0.4) is 0 Å². The number of nitrogens with zero attached hydrogens (tertiary/aromatic N) is 3. The smallest absolute Gasteiger partial charge is 0.230 e. The second kappa shape index (κ2) is 9.78. The summed E-state index contributed by atoms with van der Waals surface area (Å²) in [5.41, 5.74) is 1.28. The lowest BCUT2D eigenvalue weighted by molar-refractivity contribution is -0.118. The first-order valence-electron chi connectivity index (χ1n) is 9.40. The fourth-order valence-electron chi connectivity index (χ4n) is 3.42. The van der Waals surface area contributed by atoms with Crippen molar-refractivity contribution < 1.29 is 4.79 Å².